The van der Waals surface area contributed by atoms with E-state index in [2.05, 4.69) is 5.32 Å². The summed E-state index contributed by atoms with van der Waals surface area (Å²) in [6.07, 6.45) is 0. The molecule has 0 heterocycles. The molecular weight excluding hydrogens is 449 g/mol. The van der Waals surface area contributed by atoms with Crippen molar-refractivity contribution in [2.75, 3.05) is 12.4 Å². The highest BCUT2D eigenvalue weighted by Gasteiger charge is 2.14. The highest BCUT2D eigenvalue weighted by molar-refractivity contribution is 6.36. The van der Waals surface area contributed by atoms with Gasteiger partial charge in [-0.2, -0.15) is 0 Å². The average molecular weight is 467 g/mol. The largest absolute Gasteiger partial charge is 0.493 e. The van der Waals surface area contributed by atoms with Crippen LogP contribution >= 0.6 is 34.8 Å². The van der Waals surface area contributed by atoms with Gasteiger partial charge < -0.3 is 19.9 Å². The van der Waals surface area contributed by atoms with Crippen LogP contribution in [0.2, 0.25) is 15.1 Å². The normalized spacial score (nSPS) is 10.5. The Hall–Kier alpha value is -2.60. The van der Waals surface area contributed by atoms with Crippen molar-refractivity contribution >= 4 is 46.5 Å². The number of carbonyl (C=O) groups is 1. The molecule has 0 saturated carbocycles. The Bertz CT molecular complexity index is 1050. The van der Waals surface area contributed by atoms with Crippen molar-refractivity contribution in [1.82, 2.24) is 0 Å². The monoisotopic (exact) mass is 465 g/mol. The van der Waals surface area contributed by atoms with Gasteiger partial charge in [0.05, 0.1) is 23.4 Å². The Kier molecular flexibility index (Phi) is 7.32. The lowest BCUT2D eigenvalue weighted by Crippen LogP contribution is -2.07. The topological polar surface area (TPSA) is 67.8 Å². The molecule has 0 radical (unpaired) electrons. The Labute approximate surface area is 189 Å². The number of para-hydroxylation sites is 1. The zero-order valence-electron chi connectivity index (χ0n) is 15.9. The van der Waals surface area contributed by atoms with Gasteiger partial charge in [-0.15, -0.1) is 0 Å². The van der Waals surface area contributed by atoms with Crippen molar-refractivity contribution in [2.24, 2.45) is 0 Å². The Morgan fingerprint density at radius 3 is 2.37 bits per heavy atom. The molecule has 3 aromatic rings. The van der Waals surface area contributed by atoms with Gasteiger partial charge in [0.15, 0.2) is 11.5 Å². The molecule has 0 unspecified atom stereocenters. The minimum absolute atomic E-state index is 0.136. The number of carboxylic acid groups (broad SMARTS) is 1. The van der Waals surface area contributed by atoms with Crippen LogP contribution in [0.25, 0.3) is 0 Å². The van der Waals surface area contributed by atoms with E-state index in [0.717, 1.165) is 5.56 Å². The van der Waals surface area contributed by atoms with Crippen LogP contribution in [0.1, 0.15) is 21.5 Å². The zero-order valence-corrected chi connectivity index (χ0v) is 18.2. The fourth-order valence-corrected chi connectivity index (χ4v) is 3.51. The molecule has 0 aliphatic carbocycles. The Morgan fingerprint density at radius 2 is 1.70 bits per heavy atom. The van der Waals surface area contributed by atoms with Gasteiger partial charge in [0, 0.05) is 27.7 Å². The van der Waals surface area contributed by atoms with Crippen molar-refractivity contribution in [1.29, 1.82) is 0 Å². The van der Waals surface area contributed by atoms with Crippen LogP contribution in [0, 0.1) is 0 Å². The van der Waals surface area contributed by atoms with E-state index in [1.165, 1.54) is 18.2 Å². The van der Waals surface area contributed by atoms with Crippen LogP contribution < -0.4 is 14.8 Å². The van der Waals surface area contributed by atoms with Crippen LogP contribution in [-0.2, 0) is 13.2 Å². The molecule has 0 aliphatic rings. The highest BCUT2D eigenvalue weighted by atomic mass is 35.5. The van der Waals surface area contributed by atoms with Crippen LogP contribution in [0.4, 0.5) is 5.69 Å². The molecule has 30 heavy (non-hydrogen) atoms. The average Bonchev–Trinajstić information content (AvgIpc) is 2.73. The van der Waals surface area contributed by atoms with E-state index in [1.54, 1.807) is 31.4 Å². The molecule has 2 N–H and O–H groups in total. The molecule has 0 saturated heterocycles. The lowest BCUT2D eigenvalue weighted by molar-refractivity contribution is 0.0697. The first-order valence-corrected chi connectivity index (χ1v) is 10.0. The summed E-state index contributed by atoms with van der Waals surface area (Å²) >= 11 is 18.7. The SMILES string of the molecule is COc1cccc(CNc2cc(C(=O)O)ccc2Cl)c1OCc1c(Cl)cccc1Cl. The Balaban J connectivity index is 1.84. The van der Waals surface area contributed by atoms with Crippen molar-refractivity contribution in [3.05, 3.63) is 86.4 Å². The number of hydrogen-bond donors (Lipinski definition) is 2. The van der Waals surface area contributed by atoms with Gasteiger partial charge in [-0.25, -0.2) is 4.79 Å². The van der Waals surface area contributed by atoms with Gasteiger partial charge >= 0.3 is 5.97 Å². The predicted octanol–water partition coefficient (Wildman–Crippen LogP) is 6.54. The summed E-state index contributed by atoms with van der Waals surface area (Å²) in [7, 11) is 1.55. The van der Waals surface area contributed by atoms with Gasteiger partial charge in [0.25, 0.3) is 0 Å². The number of aromatic carboxylic acids is 1. The van der Waals surface area contributed by atoms with E-state index in [0.29, 0.717) is 44.4 Å². The summed E-state index contributed by atoms with van der Waals surface area (Å²) < 4.78 is 11.5. The van der Waals surface area contributed by atoms with Gasteiger partial charge in [-0.3, -0.25) is 0 Å². The highest BCUT2D eigenvalue weighted by Crippen LogP contribution is 2.34. The molecule has 0 fully saturated rings. The second kappa shape index (κ2) is 9.94. The molecule has 0 aromatic heterocycles. The first-order valence-electron chi connectivity index (χ1n) is 8.89. The van der Waals surface area contributed by atoms with E-state index in [9.17, 15) is 9.90 Å². The van der Waals surface area contributed by atoms with Crippen molar-refractivity contribution < 1.29 is 19.4 Å². The molecule has 156 valence electrons. The third-order valence-electron chi connectivity index (χ3n) is 4.39. The fraction of sp³-hybridized carbons (Fsp3) is 0.136. The molecule has 8 heteroatoms. The maximum absolute atomic E-state index is 11.2. The molecular formula is C22H18Cl3NO4. The van der Waals surface area contributed by atoms with Crippen LogP contribution in [0.3, 0.4) is 0 Å². The summed E-state index contributed by atoms with van der Waals surface area (Å²) in [5, 5.41) is 13.8. The summed E-state index contributed by atoms with van der Waals surface area (Å²) in [6, 6.07) is 15.2. The van der Waals surface area contributed by atoms with E-state index < -0.39 is 5.97 Å². The molecule has 3 rings (SSSR count). The fourth-order valence-electron chi connectivity index (χ4n) is 2.82. The number of ether oxygens (including phenoxy) is 2. The summed E-state index contributed by atoms with van der Waals surface area (Å²) in [5.41, 5.74) is 2.09. The summed E-state index contributed by atoms with van der Waals surface area (Å²) in [6.45, 7) is 0.479. The van der Waals surface area contributed by atoms with E-state index in [1.807, 2.05) is 12.1 Å². The lowest BCUT2D eigenvalue weighted by Gasteiger charge is -2.17. The lowest BCUT2D eigenvalue weighted by atomic mass is 10.1. The van der Waals surface area contributed by atoms with E-state index in [-0.39, 0.29) is 12.2 Å². The third kappa shape index (κ3) is 5.11. The number of rotatable bonds is 8. The number of benzene rings is 3. The molecule has 0 bridgehead atoms. The maximum atomic E-state index is 11.2. The predicted molar refractivity (Wildman–Crippen MR) is 120 cm³/mol. The number of hydrogen-bond acceptors (Lipinski definition) is 4. The Morgan fingerprint density at radius 1 is 1.00 bits per heavy atom. The minimum atomic E-state index is -1.03. The third-order valence-corrected chi connectivity index (χ3v) is 5.42. The number of carboxylic acids is 1. The van der Waals surface area contributed by atoms with Gasteiger partial charge in [0.2, 0.25) is 0 Å². The van der Waals surface area contributed by atoms with E-state index >= 15 is 0 Å². The van der Waals surface area contributed by atoms with Gasteiger partial charge in [-0.05, 0) is 36.4 Å². The number of halogens is 3. The zero-order chi connectivity index (χ0) is 21.7. The van der Waals surface area contributed by atoms with Gasteiger partial charge in [-0.1, -0.05) is 53.0 Å². The molecule has 0 amide bonds. The molecule has 0 atom stereocenters. The summed E-state index contributed by atoms with van der Waals surface area (Å²) in [4.78, 5) is 11.2. The number of methoxy groups -OCH3 is 1. The maximum Gasteiger partial charge on any atom is 0.335 e. The van der Waals surface area contributed by atoms with E-state index in [4.69, 9.17) is 44.3 Å². The van der Waals surface area contributed by atoms with Crippen molar-refractivity contribution in [2.45, 2.75) is 13.2 Å². The van der Waals surface area contributed by atoms with Crippen molar-refractivity contribution in [3.8, 4) is 11.5 Å². The summed E-state index contributed by atoms with van der Waals surface area (Å²) in [5.74, 6) is 0.0357. The molecule has 0 spiro atoms. The van der Waals surface area contributed by atoms with Crippen LogP contribution in [-0.4, -0.2) is 18.2 Å². The smallest absolute Gasteiger partial charge is 0.335 e. The minimum Gasteiger partial charge on any atom is -0.493 e. The number of nitrogens with one attached hydrogen (secondary N) is 1. The first kappa shape index (κ1) is 22.1. The second-order valence-electron chi connectivity index (χ2n) is 6.29. The van der Waals surface area contributed by atoms with Crippen molar-refractivity contribution in [3.63, 3.8) is 0 Å². The van der Waals surface area contributed by atoms with Crippen LogP contribution in [0.5, 0.6) is 11.5 Å². The molecule has 3 aromatic carbocycles. The quantitative estimate of drug-likeness (QED) is 0.394. The molecule has 5 nitrogen and oxygen atoms in total. The van der Waals surface area contributed by atoms with Gasteiger partial charge in [0.1, 0.15) is 6.61 Å². The second-order valence-corrected chi connectivity index (χ2v) is 7.51. The standard InChI is InChI=1S/C22H18Cl3NO4/c1-29-20-7-2-4-14(11-26-19-10-13(22(27)28)8-9-18(19)25)21(20)30-12-15-16(23)5-3-6-17(15)24/h2-10,26H,11-12H2,1H3,(H,27,28). The molecule has 0 aliphatic heterocycles. The number of anilines is 1. The first-order chi connectivity index (χ1) is 14.4. The van der Waals surface area contributed by atoms with Crippen LogP contribution in [0.15, 0.2) is 54.6 Å².